The number of furan rings is 2. The zero-order valence-corrected chi connectivity index (χ0v) is 39.3. The van der Waals surface area contributed by atoms with Crippen molar-refractivity contribution in [3.63, 3.8) is 0 Å². The van der Waals surface area contributed by atoms with Crippen LogP contribution in [0.1, 0.15) is 25.0 Å². The number of hydrogen-bond acceptors (Lipinski definition) is 4. The maximum absolute atomic E-state index is 6.86. The van der Waals surface area contributed by atoms with Gasteiger partial charge in [0.2, 0.25) is 0 Å². The van der Waals surface area contributed by atoms with Crippen LogP contribution in [0.3, 0.4) is 0 Å². The first kappa shape index (κ1) is 39.9. The first-order valence-corrected chi connectivity index (χ1v) is 24.8. The fourth-order valence-electron chi connectivity index (χ4n) is 11.9. The molecular weight excluding hydrogens is 867 g/mol. The number of rotatable bonds is 8. The van der Waals surface area contributed by atoms with Crippen molar-refractivity contribution in [3.05, 3.63) is 223 Å². The van der Waals surface area contributed by atoms with Crippen LogP contribution in [0.5, 0.6) is 0 Å². The second kappa shape index (κ2) is 15.2. The summed E-state index contributed by atoms with van der Waals surface area (Å²) in [5.41, 5.74) is 16.1. The molecule has 0 amide bonds. The molecule has 5 nitrogen and oxygen atoms in total. The zero-order valence-electron chi connectivity index (χ0n) is 39.3. The van der Waals surface area contributed by atoms with E-state index in [1.54, 1.807) is 0 Å². The van der Waals surface area contributed by atoms with E-state index < -0.39 is 0 Å². The monoisotopic (exact) mass is 911 g/mol. The average molecular weight is 912 g/mol. The van der Waals surface area contributed by atoms with E-state index in [0.717, 1.165) is 90.8 Å². The van der Waals surface area contributed by atoms with E-state index in [-0.39, 0.29) is 0 Å². The fourth-order valence-corrected chi connectivity index (χ4v) is 11.9. The smallest absolute Gasteiger partial charge is 0.159 e. The highest BCUT2D eigenvalue weighted by Crippen LogP contribution is 2.47. The van der Waals surface area contributed by atoms with Gasteiger partial charge in [0.1, 0.15) is 11.2 Å². The van der Waals surface area contributed by atoms with Crippen molar-refractivity contribution >= 4 is 138 Å². The minimum Gasteiger partial charge on any atom is -0.454 e. The Morgan fingerprint density at radius 3 is 1.18 bits per heavy atom. The summed E-state index contributed by atoms with van der Waals surface area (Å²) in [7, 11) is 0. The molecule has 0 radical (unpaired) electrons. The predicted octanol–water partition coefficient (Wildman–Crippen LogP) is 19.0. The molecule has 71 heavy (non-hydrogen) atoms. The van der Waals surface area contributed by atoms with Gasteiger partial charge in [-0.3, -0.25) is 0 Å². The lowest BCUT2D eigenvalue weighted by Gasteiger charge is -2.26. The maximum Gasteiger partial charge on any atom is 0.159 e. The van der Waals surface area contributed by atoms with Crippen LogP contribution in [0.15, 0.2) is 221 Å². The van der Waals surface area contributed by atoms with Crippen molar-refractivity contribution in [1.29, 1.82) is 0 Å². The quantitative estimate of drug-likeness (QED) is 0.152. The molecule has 0 saturated heterocycles. The first-order valence-electron chi connectivity index (χ1n) is 24.8. The van der Waals surface area contributed by atoms with Gasteiger partial charge in [0.25, 0.3) is 0 Å². The molecular formula is C66H45N3O2. The molecule has 0 fully saturated rings. The molecule has 15 rings (SSSR count). The molecule has 4 heterocycles. The summed E-state index contributed by atoms with van der Waals surface area (Å²) in [5, 5.41) is 14.3. The van der Waals surface area contributed by atoms with Gasteiger partial charge in [-0.1, -0.05) is 141 Å². The molecule has 0 aliphatic rings. The SMILES string of the molecule is CCc1cccc2c1oc1c(N(c3ccccc3)c3ccc4cc5c6cccc7c8cc9ccc(N(c%10ccccc%10)c%10cccc%11c%10oc%10c(CC)cccc%10%11)cc9cc8n(c5cc4c3)c67)cccc12. The van der Waals surface area contributed by atoms with Gasteiger partial charge in [-0.05, 0) is 130 Å². The number of aryl methyl sites for hydroxylation is 2. The fraction of sp³-hybridized carbons (Fsp3) is 0.0606. The van der Waals surface area contributed by atoms with Crippen LogP contribution < -0.4 is 9.80 Å². The molecule has 0 aliphatic heterocycles. The van der Waals surface area contributed by atoms with Gasteiger partial charge < -0.3 is 23.0 Å². The molecule has 11 aromatic carbocycles. The second-order valence-corrected chi connectivity index (χ2v) is 19.0. The predicted molar refractivity (Wildman–Crippen MR) is 299 cm³/mol. The third kappa shape index (κ3) is 5.81. The topological polar surface area (TPSA) is 37.2 Å². The molecule has 4 aromatic heterocycles. The third-order valence-electron chi connectivity index (χ3n) is 15.2. The highest BCUT2D eigenvalue weighted by atomic mass is 16.3. The molecule has 0 atom stereocenters. The van der Waals surface area contributed by atoms with Gasteiger partial charge in [-0.25, -0.2) is 0 Å². The number of nitrogens with zero attached hydrogens (tertiary/aromatic N) is 3. The van der Waals surface area contributed by atoms with Crippen LogP contribution in [0.2, 0.25) is 0 Å². The lowest BCUT2D eigenvalue weighted by atomic mass is 10.0. The van der Waals surface area contributed by atoms with Gasteiger partial charge in [0.05, 0.1) is 27.9 Å². The number of aromatic nitrogens is 1. The number of hydrogen-bond donors (Lipinski definition) is 0. The molecule has 0 bridgehead atoms. The second-order valence-electron chi connectivity index (χ2n) is 19.0. The third-order valence-corrected chi connectivity index (χ3v) is 15.2. The van der Waals surface area contributed by atoms with Crippen LogP contribution in [-0.2, 0) is 12.8 Å². The van der Waals surface area contributed by atoms with Gasteiger partial charge >= 0.3 is 0 Å². The Morgan fingerprint density at radius 1 is 0.324 bits per heavy atom. The normalized spacial score (nSPS) is 12.2. The summed E-state index contributed by atoms with van der Waals surface area (Å²) >= 11 is 0. The minimum atomic E-state index is 0.886. The Labute approximate surface area is 408 Å². The molecule has 15 aromatic rings. The number of anilines is 6. The van der Waals surface area contributed by atoms with Crippen molar-refractivity contribution in [1.82, 2.24) is 4.40 Å². The summed E-state index contributed by atoms with van der Waals surface area (Å²) in [6.45, 7) is 4.38. The molecule has 5 heteroatoms. The summed E-state index contributed by atoms with van der Waals surface area (Å²) in [4.78, 5) is 4.70. The summed E-state index contributed by atoms with van der Waals surface area (Å²) in [6, 6.07) is 77.5. The highest BCUT2D eigenvalue weighted by Gasteiger charge is 2.24. The van der Waals surface area contributed by atoms with Crippen LogP contribution in [0.4, 0.5) is 34.1 Å². The largest absolute Gasteiger partial charge is 0.454 e. The van der Waals surface area contributed by atoms with Crippen molar-refractivity contribution in [3.8, 4) is 0 Å². The van der Waals surface area contributed by atoms with Crippen molar-refractivity contribution < 1.29 is 8.83 Å². The number of para-hydroxylation sites is 7. The van der Waals surface area contributed by atoms with E-state index >= 15 is 0 Å². The van der Waals surface area contributed by atoms with Crippen molar-refractivity contribution in [2.75, 3.05) is 9.80 Å². The molecule has 0 aliphatic carbocycles. The van der Waals surface area contributed by atoms with E-state index in [2.05, 4.69) is 240 Å². The molecule has 0 unspecified atom stereocenters. The van der Waals surface area contributed by atoms with Crippen LogP contribution in [0.25, 0.3) is 104 Å². The molecule has 0 saturated carbocycles. The number of benzene rings is 11. The summed E-state index contributed by atoms with van der Waals surface area (Å²) < 4.78 is 16.2. The van der Waals surface area contributed by atoms with Crippen molar-refractivity contribution in [2.24, 2.45) is 0 Å². The molecule has 0 N–H and O–H groups in total. The van der Waals surface area contributed by atoms with Gasteiger partial charge in [0, 0.05) is 65.8 Å². The Hall–Kier alpha value is -9.06. The first-order chi connectivity index (χ1) is 35.1. The Kier molecular flexibility index (Phi) is 8.55. The van der Waals surface area contributed by atoms with Crippen LogP contribution >= 0.6 is 0 Å². The van der Waals surface area contributed by atoms with Gasteiger partial charge in [-0.2, -0.15) is 0 Å². The van der Waals surface area contributed by atoms with Crippen LogP contribution in [-0.4, -0.2) is 4.40 Å². The van der Waals surface area contributed by atoms with Crippen molar-refractivity contribution in [2.45, 2.75) is 26.7 Å². The van der Waals surface area contributed by atoms with E-state index in [4.69, 9.17) is 8.83 Å². The minimum absolute atomic E-state index is 0.886. The molecule has 0 spiro atoms. The van der Waals surface area contributed by atoms with Gasteiger partial charge in [0.15, 0.2) is 11.2 Å². The Bertz CT molecular complexity index is 4330. The average Bonchev–Trinajstić information content (AvgIpc) is 4.18. The standard InChI is InChI=1S/C66H45N3O2/c1-3-40-16-11-24-52-54-26-14-28-58(65(54)70-63(40)52)67(46-18-7-5-8-19-46)48-32-30-42-36-56-50-22-13-23-51-57-37-43-31-33-49(35-45(43)39-61(57)69(62(50)51)60(56)38-44(42)34-48)68(47-20-9-6-10-21-47)59-29-15-27-55-53-25-12-17-41(4-2)64(53)71-66(55)59/h5-39H,3-4H2,1-2H3. The number of fused-ring (bicyclic) bond motifs is 14. The van der Waals surface area contributed by atoms with E-state index in [1.165, 1.54) is 70.8 Å². The Morgan fingerprint density at radius 2 is 0.732 bits per heavy atom. The Balaban J connectivity index is 0.926. The van der Waals surface area contributed by atoms with E-state index in [9.17, 15) is 0 Å². The molecule has 336 valence electrons. The summed E-state index contributed by atoms with van der Waals surface area (Å²) in [6.07, 6.45) is 1.81. The zero-order chi connectivity index (χ0) is 46.9. The van der Waals surface area contributed by atoms with E-state index in [1.807, 2.05) is 0 Å². The highest BCUT2D eigenvalue weighted by molar-refractivity contribution is 6.26. The van der Waals surface area contributed by atoms with Crippen LogP contribution in [0, 0.1) is 0 Å². The maximum atomic E-state index is 6.86. The lowest BCUT2D eigenvalue weighted by molar-refractivity contribution is 0.663. The van der Waals surface area contributed by atoms with Gasteiger partial charge in [-0.15, -0.1) is 0 Å². The summed E-state index contributed by atoms with van der Waals surface area (Å²) in [5.74, 6) is 0. The lowest BCUT2D eigenvalue weighted by Crippen LogP contribution is -2.10. The van der Waals surface area contributed by atoms with E-state index in [0.29, 0.717) is 0 Å².